The largest absolute Gasteiger partial charge is 0.352 e. The summed E-state index contributed by atoms with van der Waals surface area (Å²) in [6.45, 7) is 6.21. The Kier molecular flexibility index (Phi) is 8.22. The van der Waals surface area contributed by atoms with E-state index < -0.39 is 0 Å². The van der Waals surface area contributed by atoms with Gasteiger partial charge in [-0.05, 0) is 56.0 Å². The van der Waals surface area contributed by atoms with Crippen LogP contribution in [0, 0.1) is 32.1 Å². The number of amides is 2. The molecule has 0 radical (unpaired) electrons. The minimum atomic E-state index is -0.272. The van der Waals surface area contributed by atoms with Crippen molar-refractivity contribution >= 4 is 29.3 Å². The van der Waals surface area contributed by atoms with Crippen LogP contribution in [0.25, 0.3) is 0 Å². The minimum Gasteiger partial charge on any atom is -0.352 e. The number of hydrogen-bond acceptors (Lipinski definition) is 5. The smallest absolute Gasteiger partial charge is 0.253 e. The average molecular weight is 459 g/mol. The number of hydrogen-bond donors (Lipinski definition) is 2. The van der Waals surface area contributed by atoms with Gasteiger partial charge in [-0.3, -0.25) is 9.59 Å². The van der Waals surface area contributed by atoms with Gasteiger partial charge < -0.3 is 10.6 Å². The van der Waals surface area contributed by atoms with Crippen LogP contribution in [-0.4, -0.2) is 29.1 Å². The van der Waals surface area contributed by atoms with Crippen LogP contribution in [0.15, 0.2) is 59.6 Å². The van der Waals surface area contributed by atoms with Crippen LogP contribution in [0.5, 0.6) is 0 Å². The van der Waals surface area contributed by atoms with E-state index in [1.807, 2.05) is 51.1 Å². The van der Waals surface area contributed by atoms with E-state index >= 15 is 0 Å². The van der Waals surface area contributed by atoms with Crippen molar-refractivity contribution in [1.29, 1.82) is 5.26 Å². The summed E-state index contributed by atoms with van der Waals surface area (Å²) in [5.41, 5.74) is 5.19. The van der Waals surface area contributed by atoms with Crippen LogP contribution in [-0.2, 0) is 11.2 Å². The number of anilines is 1. The third kappa shape index (κ3) is 6.21. The summed E-state index contributed by atoms with van der Waals surface area (Å²) in [7, 11) is 0. The third-order valence-corrected chi connectivity index (χ3v) is 6.38. The summed E-state index contributed by atoms with van der Waals surface area (Å²) in [4.78, 5) is 29.8. The van der Waals surface area contributed by atoms with E-state index in [0.717, 1.165) is 28.8 Å². The van der Waals surface area contributed by atoms with Crippen molar-refractivity contribution in [2.75, 3.05) is 17.6 Å². The van der Waals surface area contributed by atoms with Gasteiger partial charge in [0, 0.05) is 12.2 Å². The predicted octanol–water partition coefficient (Wildman–Crippen LogP) is 4.58. The molecule has 1 aromatic heterocycles. The molecule has 33 heavy (non-hydrogen) atoms. The van der Waals surface area contributed by atoms with Gasteiger partial charge in [-0.1, -0.05) is 54.2 Å². The van der Waals surface area contributed by atoms with Crippen LogP contribution in [0.2, 0.25) is 0 Å². The molecule has 168 valence electrons. The van der Waals surface area contributed by atoms with E-state index in [0.29, 0.717) is 28.4 Å². The molecule has 0 aliphatic heterocycles. The SMILES string of the molecule is Cc1nc(SCC(=O)Nc2ccccc2C(=O)NCCc2ccccc2)c(C#N)c(C)c1C. The maximum Gasteiger partial charge on any atom is 0.253 e. The number of para-hydroxylation sites is 1. The summed E-state index contributed by atoms with van der Waals surface area (Å²) < 4.78 is 0. The first-order valence-electron chi connectivity index (χ1n) is 10.6. The molecule has 0 bridgehead atoms. The monoisotopic (exact) mass is 458 g/mol. The molecule has 2 aromatic carbocycles. The molecule has 0 atom stereocenters. The lowest BCUT2D eigenvalue weighted by molar-refractivity contribution is -0.113. The van der Waals surface area contributed by atoms with Crippen molar-refractivity contribution in [3.63, 3.8) is 0 Å². The fourth-order valence-corrected chi connectivity index (χ4v) is 4.20. The lowest BCUT2D eigenvalue weighted by Gasteiger charge is -2.13. The van der Waals surface area contributed by atoms with Gasteiger partial charge in [0.1, 0.15) is 11.1 Å². The fraction of sp³-hybridized carbons (Fsp3) is 0.231. The Labute approximate surface area is 198 Å². The van der Waals surface area contributed by atoms with Gasteiger partial charge in [-0.25, -0.2) is 4.98 Å². The minimum absolute atomic E-state index is 0.0770. The molecule has 0 saturated heterocycles. The summed E-state index contributed by atoms with van der Waals surface area (Å²) in [6, 6.07) is 19.0. The normalized spacial score (nSPS) is 10.4. The van der Waals surface area contributed by atoms with Gasteiger partial charge in [-0.2, -0.15) is 5.26 Å². The van der Waals surface area contributed by atoms with Crippen molar-refractivity contribution in [3.8, 4) is 6.07 Å². The van der Waals surface area contributed by atoms with Gasteiger partial charge in [0.15, 0.2) is 0 Å². The quantitative estimate of drug-likeness (QED) is 0.482. The lowest BCUT2D eigenvalue weighted by Crippen LogP contribution is -2.27. The molecule has 3 rings (SSSR count). The Morgan fingerprint density at radius 2 is 1.70 bits per heavy atom. The summed E-state index contributed by atoms with van der Waals surface area (Å²) >= 11 is 1.22. The van der Waals surface area contributed by atoms with Crippen LogP contribution >= 0.6 is 11.8 Å². The molecule has 0 aliphatic rings. The maximum absolute atomic E-state index is 12.7. The number of nitriles is 1. The number of nitrogens with one attached hydrogen (secondary N) is 2. The van der Waals surface area contributed by atoms with Gasteiger partial charge in [0.2, 0.25) is 5.91 Å². The molecule has 7 heteroatoms. The van der Waals surface area contributed by atoms with Crippen LogP contribution in [0.1, 0.15) is 38.3 Å². The Balaban J connectivity index is 1.62. The molecule has 2 amide bonds. The Bertz CT molecular complexity index is 1200. The highest BCUT2D eigenvalue weighted by Gasteiger charge is 2.16. The number of nitrogens with zero attached hydrogens (tertiary/aromatic N) is 2. The van der Waals surface area contributed by atoms with Crippen LogP contribution in [0.4, 0.5) is 5.69 Å². The van der Waals surface area contributed by atoms with E-state index in [1.54, 1.807) is 24.3 Å². The number of pyridine rings is 1. The van der Waals surface area contributed by atoms with Crippen molar-refractivity contribution in [2.24, 2.45) is 0 Å². The molecule has 0 unspecified atom stereocenters. The Hall–Kier alpha value is -3.63. The molecular weight excluding hydrogens is 432 g/mol. The molecule has 0 saturated carbocycles. The molecule has 0 aliphatic carbocycles. The van der Waals surface area contributed by atoms with Crippen molar-refractivity contribution < 1.29 is 9.59 Å². The highest BCUT2D eigenvalue weighted by atomic mass is 32.2. The molecule has 2 N–H and O–H groups in total. The van der Waals surface area contributed by atoms with E-state index in [4.69, 9.17) is 0 Å². The zero-order valence-electron chi connectivity index (χ0n) is 18.9. The summed E-state index contributed by atoms with van der Waals surface area (Å²) in [6.07, 6.45) is 0.724. The maximum atomic E-state index is 12.7. The average Bonchev–Trinajstić information content (AvgIpc) is 2.82. The molecule has 3 aromatic rings. The fourth-order valence-electron chi connectivity index (χ4n) is 3.32. The first-order valence-corrected chi connectivity index (χ1v) is 11.6. The molecule has 1 heterocycles. The van der Waals surface area contributed by atoms with Crippen LogP contribution in [0.3, 0.4) is 0 Å². The highest BCUT2D eigenvalue weighted by Crippen LogP contribution is 2.26. The van der Waals surface area contributed by atoms with E-state index in [1.165, 1.54) is 11.8 Å². The second-order valence-electron chi connectivity index (χ2n) is 7.61. The number of carbonyl (C=O) groups excluding carboxylic acids is 2. The standard InChI is InChI=1S/C26H26N4O2S/c1-17-18(2)22(15-27)26(29-19(17)3)33-16-24(31)30-23-12-8-7-11-21(23)25(32)28-14-13-20-9-5-4-6-10-20/h4-12H,13-14,16H2,1-3H3,(H,28,32)(H,30,31). The Morgan fingerprint density at radius 1 is 1.00 bits per heavy atom. The second-order valence-corrected chi connectivity index (χ2v) is 8.58. The first kappa shape index (κ1) is 24.0. The molecule has 0 spiro atoms. The van der Waals surface area contributed by atoms with E-state index in [9.17, 15) is 14.9 Å². The van der Waals surface area contributed by atoms with Gasteiger partial charge >= 0.3 is 0 Å². The van der Waals surface area contributed by atoms with E-state index in [2.05, 4.69) is 21.7 Å². The van der Waals surface area contributed by atoms with E-state index in [-0.39, 0.29) is 17.6 Å². The number of thioether (sulfide) groups is 1. The second kappa shape index (κ2) is 11.3. The van der Waals surface area contributed by atoms with Crippen molar-refractivity contribution in [2.45, 2.75) is 32.2 Å². The van der Waals surface area contributed by atoms with Gasteiger partial charge in [0.05, 0.1) is 22.6 Å². The number of aryl methyl sites for hydroxylation is 1. The zero-order valence-corrected chi connectivity index (χ0v) is 19.8. The number of carbonyl (C=O) groups is 2. The predicted molar refractivity (Wildman–Crippen MR) is 131 cm³/mol. The topological polar surface area (TPSA) is 94.9 Å². The third-order valence-electron chi connectivity index (χ3n) is 5.40. The number of aromatic nitrogens is 1. The van der Waals surface area contributed by atoms with Crippen LogP contribution < -0.4 is 10.6 Å². The van der Waals surface area contributed by atoms with Crippen molar-refractivity contribution in [1.82, 2.24) is 10.3 Å². The van der Waals surface area contributed by atoms with Gasteiger partial charge in [-0.15, -0.1) is 0 Å². The van der Waals surface area contributed by atoms with Gasteiger partial charge in [0.25, 0.3) is 5.91 Å². The molecule has 6 nitrogen and oxygen atoms in total. The highest BCUT2D eigenvalue weighted by molar-refractivity contribution is 8.00. The molecule has 0 fully saturated rings. The molecular formula is C26H26N4O2S. The number of benzene rings is 2. The first-order chi connectivity index (χ1) is 15.9. The lowest BCUT2D eigenvalue weighted by atomic mass is 10.1. The number of rotatable bonds is 8. The summed E-state index contributed by atoms with van der Waals surface area (Å²) in [5.74, 6) is -0.438. The Morgan fingerprint density at radius 3 is 2.42 bits per heavy atom. The summed E-state index contributed by atoms with van der Waals surface area (Å²) in [5, 5.41) is 15.8. The van der Waals surface area contributed by atoms with Crippen molar-refractivity contribution in [3.05, 3.63) is 88.1 Å². The zero-order chi connectivity index (χ0) is 23.8.